The zero-order valence-electron chi connectivity index (χ0n) is 25.1. The van der Waals surface area contributed by atoms with Gasteiger partial charge in [0.05, 0.1) is 33.5 Å². The second-order valence-electron chi connectivity index (χ2n) is 11.7. The van der Waals surface area contributed by atoms with Crippen molar-refractivity contribution in [2.45, 2.75) is 6.92 Å². The number of phenolic OH excluding ortho intramolecular Hbond substituents is 1. The van der Waals surface area contributed by atoms with E-state index in [4.69, 9.17) is 9.97 Å². The van der Waals surface area contributed by atoms with Crippen molar-refractivity contribution in [1.29, 1.82) is 0 Å². The summed E-state index contributed by atoms with van der Waals surface area (Å²) >= 11 is 0. The van der Waals surface area contributed by atoms with Crippen LogP contribution in [-0.4, -0.2) is 24.2 Å². The van der Waals surface area contributed by atoms with Gasteiger partial charge in [-0.05, 0) is 79.2 Å². The van der Waals surface area contributed by atoms with Gasteiger partial charge in [-0.3, -0.25) is 4.57 Å². The van der Waals surface area contributed by atoms with Gasteiger partial charge in [0.2, 0.25) is 0 Å². The average Bonchev–Trinajstić information content (AvgIpc) is 3.62. The number of phenols is 1. The van der Waals surface area contributed by atoms with Crippen molar-refractivity contribution in [3.63, 3.8) is 0 Å². The molecule has 5 nitrogen and oxygen atoms in total. The minimum absolute atomic E-state index is 0.215. The zero-order chi connectivity index (χ0) is 30.8. The number of aromatic hydroxyl groups is 1. The average molecular weight is 593 g/mol. The largest absolute Gasteiger partial charge is 0.507 e. The second kappa shape index (κ2) is 10.2. The molecule has 218 valence electrons. The molecule has 0 saturated carbocycles. The molecule has 0 radical (unpaired) electrons. The molecule has 0 atom stereocenters. The number of aryl methyl sites for hydroxylation is 1. The molecule has 9 rings (SSSR count). The molecule has 1 N–H and O–H groups in total. The first-order valence-corrected chi connectivity index (χ1v) is 15.4. The number of benzene rings is 5. The highest BCUT2D eigenvalue weighted by Crippen LogP contribution is 2.43. The fraction of sp³-hybridized carbons (Fsp3) is 0.0244. The van der Waals surface area contributed by atoms with Gasteiger partial charge in [0.1, 0.15) is 11.6 Å². The van der Waals surface area contributed by atoms with Crippen LogP contribution in [-0.2, 0) is 0 Å². The Balaban J connectivity index is 1.37. The third-order valence-corrected chi connectivity index (χ3v) is 8.93. The van der Waals surface area contributed by atoms with Gasteiger partial charge in [0, 0.05) is 44.6 Å². The van der Waals surface area contributed by atoms with E-state index in [2.05, 4.69) is 113 Å². The number of hydrogen-bond acceptors (Lipinski definition) is 3. The maximum Gasteiger partial charge on any atom is 0.137 e. The summed E-state index contributed by atoms with van der Waals surface area (Å²) < 4.78 is 4.63. The quantitative estimate of drug-likeness (QED) is 0.221. The topological polar surface area (TPSA) is 55.9 Å². The van der Waals surface area contributed by atoms with E-state index in [9.17, 15) is 5.11 Å². The molecule has 4 aromatic heterocycles. The molecule has 0 aliphatic heterocycles. The molecule has 4 heterocycles. The van der Waals surface area contributed by atoms with Gasteiger partial charge in [-0.25, -0.2) is 9.97 Å². The first-order valence-electron chi connectivity index (χ1n) is 15.4. The van der Waals surface area contributed by atoms with Crippen LogP contribution in [0.15, 0.2) is 146 Å². The second-order valence-corrected chi connectivity index (χ2v) is 11.7. The molecule has 0 fully saturated rings. The maximum atomic E-state index is 10.5. The van der Waals surface area contributed by atoms with Crippen LogP contribution in [0.4, 0.5) is 0 Å². The van der Waals surface area contributed by atoms with Gasteiger partial charge < -0.3 is 9.67 Å². The molecule has 9 aromatic rings. The molecular weight excluding hydrogens is 564 g/mol. The first-order chi connectivity index (χ1) is 22.7. The Bertz CT molecular complexity index is 2600. The van der Waals surface area contributed by atoms with Crippen LogP contribution in [0.2, 0.25) is 0 Å². The molecule has 0 bridgehead atoms. The molecule has 0 aliphatic rings. The number of para-hydroxylation sites is 3. The summed E-state index contributed by atoms with van der Waals surface area (Å²) in [6, 6.07) is 47.8. The number of nitrogens with zero attached hydrogens (tertiary/aromatic N) is 4. The molecule has 5 aromatic carbocycles. The maximum absolute atomic E-state index is 10.5. The number of fused-ring (bicyclic) bond motifs is 7. The molecule has 0 unspecified atom stereocenters. The van der Waals surface area contributed by atoms with Crippen LogP contribution < -0.4 is 0 Å². The highest BCUT2D eigenvalue weighted by atomic mass is 16.3. The smallest absolute Gasteiger partial charge is 0.137 e. The fourth-order valence-corrected chi connectivity index (χ4v) is 6.86. The third kappa shape index (κ3) is 3.95. The van der Waals surface area contributed by atoms with Gasteiger partial charge in [-0.15, -0.1) is 0 Å². The molecule has 46 heavy (non-hydrogen) atoms. The number of rotatable bonds is 4. The lowest BCUT2D eigenvalue weighted by molar-refractivity contribution is 0.477. The number of aromatic nitrogens is 4. The van der Waals surface area contributed by atoms with Crippen molar-refractivity contribution in [1.82, 2.24) is 19.1 Å². The lowest BCUT2D eigenvalue weighted by Gasteiger charge is -2.10. The van der Waals surface area contributed by atoms with Gasteiger partial charge in [0.25, 0.3) is 0 Å². The first kappa shape index (κ1) is 26.2. The summed E-state index contributed by atoms with van der Waals surface area (Å²) in [5, 5.41) is 15.3. The van der Waals surface area contributed by atoms with Crippen LogP contribution in [0.3, 0.4) is 0 Å². The van der Waals surface area contributed by atoms with E-state index in [1.54, 1.807) is 6.07 Å². The van der Waals surface area contributed by atoms with Crippen molar-refractivity contribution in [2.75, 3.05) is 0 Å². The predicted octanol–water partition coefficient (Wildman–Crippen LogP) is 10.0. The van der Waals surface area contributed by atoms with Crippen LogP contribution in [0, 0.1) is 6.92 Å². The van der Waals surface area contributed by atoms with Crippen LogP contribution >= 0.6 is 0 Å². The van der Waals surface area contributed by atoms with Crippen molar-refractivity contribution in [3.05, 3.63) is 151 Å². The normalized spacial score (nSPS) is 11.7. The van der Waals surface area contributed by atoms with Crippen LogP contribution in [0.1, 0.15) is 5.56 Å². The summed E-state index contributed by atoms with van der Waals surface area (Å²) in [5.74, 6) is 1.08. The van der Waals surface area contributed by atoms with Crippen molar-refractivity contribution in [3.8, 4) is 39.8 Å². The van der Waals surface area contributed by atoms with E-state index in [0.717, 1.165) is 56.0 Å². The summed E-state index contributed by atoms with van der Waals surface area (Å²) in [6.45, 7) is 2.06. The third-order valence-electron chi connectivity index (χ3n) is 8.93. The SMILES string of the molecule is Cc1ccc(-n2c3cc(-c4cccc(-c5ccccc5O)n4)ccc3c3c4c5ccccc5n(-c5ccccc5)c4ccc32)nc1. The van der Waals surface area contributed by atoms with E-state index >= 15 is 0 Å². The van der Waals surface area contributed by atoms with Gasteiger partial charge in [0.15, 0.2) is 0 Å². The van der Waals surface area contributed by atoms with E-state index in [-0.39, 0.29) is 5.75 Å². The standard InChI is InChI=1S/C41H28N4O/c1-26-18-23-39(42-25-26)45-36-22-21-35-40(30-13-5-7-16-34(30)44(35)28-10-3-2-4-11-28)41(36)31-20-19-27(24-37(31)45)32-14-9-15-33(43-32)29-12-6-8-17-38(29)46/h2-25,46H,1H3. The Morgan fingerprint density at radius 2 is 1.26 bits per heavy atom. The van der Waals surface area contributed by atoms with Gasteiger partial charge in [-0.1, -0.05) is 72.8 Å². The predicted molar refractivity (Wildman–Crippen MR) is 188 cm³/mol. The minimum atomic E-state index is 0.215. The number of pyridine rings is 2. The van der Waals surface area contributed by atoms with Crippen LogP contribution in [0.5, 0.6) is 5.75 Å². The molecule has 0 aliphatic carbocycles. The summed E-state index contributed by atoms with van der Waals surface area (Å²) in [4.78, 5) is 9.88. The molecule has 5 heteroatoms. The molecule has 0 amide bonds. The Labute approximate surface area is 265 Å². The van der Waals surface area contributed by atoms with Crippen LogP contribution in [0.25, 0.3) is 77.6 Å². The molecule has 0 saturated heterocycles. The highest BCUT2D eigenvalue weighted by molar-refractivity contribution is 6.29. The van der Waals surface area contributed by atoms with Gasteiger partial charge >= 0.3 is 0 Å². The summed E-state index contributed by atoms with van der Waals surface area (Å²) in [6.07, 6.45) is 1.92. The van der Waals surface area contributed by atoms with Crippen molar-refractivity contribution in [2.24, 2.45) is 0 Å². The lowest BCUT2D eigenvalue weighted by atomic mass is 10.0. The van der Waals surface area contributed by atoms with E-state index in [0.29, 0.717) is 5.56 Å². The van der Waals surface area contributed by atoms with E-state index in [1.807, 2.05) is 42.6 Å². The van der Waals surface area contributed by atoms with Crippen molar-refractivity contribution < 1.29 is 5.11 Å². The Morgan fingerprint density at radius 3 is 2.07 bits per heavy atom. The molecular formula is C41H28N4O. The lowest BCUT2D eigenvalue weighted by Crippen LogP contribution is -1.98. The van der Waals surface area contributed by atoms with E-state index < -0.39 is 0 Å². The van der Waals surface area contributed by atoms with E-state index in [1.165, 1.54) is 21.7 Å². The highest BCUT2D eigenvalue weighted by Gasteiger charge is 2.21. The number of hydrogen-bond donors (Lipinski definition) is 1. The molecule has 0 spiro atoms. The van der Waals surface area contributed by atoms with Crippen molar-refractivity contribution >= 4 is 43.6 Å². The Hall–Kier alpha value is -6.20. The Kier molecular flexibility index (Phi) is 5.80. The minimum Gasteiger partial charge on any atom is -0.507 e. The fourth-order valence-electron chi connectivity index (χ4n) is 6.86. The zero-order valence-corrected chi connectivity index (χ0v) is 25.1. The monoisotopic (exact) mass is 592 g/mol. The van der Waals surface area contributed by atoms with Gasteiger partial charge in [-0.2, -0.15) is 0 Å². The Morgan fingerprint density at radius 1 is 0.543 bits per heavy atom. The summed E-state index contributed by atoms with van der Waals surface area (Å²) in [5.41, 5.74) is 10.0. The summed E-state index contributed by atoms with van der Waals surface area (Å²) in [7, 11) is 0.